The Morgan fingerprint density at radius 1 is 0.542 bits per heavy atom. The van der Waals surface area contributed by atoms with E-state index in [1.807, 2.05) is 10.6 Å². The summed E-state index contributed by atoms with van der Waals surface area (Å²) in [6, 6.07) is 0. The van der Waals surface area contributed by atoms with Crippen LogP contribution in [0.4, 0.5) is 0 Å². The molecule has 5 heterocycles. The van der Waals surface area contributed by atoms with Crippen molar-refractivity contribution in [2.24, 2.45) is 0 Å². The van der Waals surface area contributed by atoms with Gasteiger partial charge in [-0.3, -0.25) is 49.4 Å². The first-order valence-corrected chi connectivity index (χ1v) is 8.11. The topological polar surface area (TPSA) is 114 Å². The van der Waals surface area contributed by atoms with Gasteiger partial charge in [-0.05, 0) is 0 Å². The lowest BCUT2D eigenvalue weighted by molar-refractivity contribution is -0.895. The molecule has 2 unspecified atom stereocenters. The Morgan fingerprint density at radius 2 is 0.750 bits per heavy atom. The third-order valence-electron chi connectivity index (χ3n) is 5.63. The van der Waals surface area contributed by atoms with Crippen LogP contribution in [-0.2, 0) is 19.2 Å². The van der Waals surface area contributed by atoms with Crippen LogP contribution in [0, 0.1) is 0 Å². The van der Waals surface area contributed by atoms with Gasteiger partial charge in [-0.25, -0.2) is 0 Å². The second kappa shape index (κ2) is 4.67. The number of hydrogen-bond acceptors (Lipinski definition) is 4. The lowest BCUT2D eigenvalue weighted by atomic mass is 10.2. The second-order valence-corrected chi connectivity index (χ2v) is 6.88. The molecule has 6 bridgehead atoms. The maximum Gasteiger partial charge on any atom is 0.241 e. The van der Waals surface area contributed by atoms with E-state index in [2.05, 4.69) is 0 Å². The first-order valence-electron chi connectivity index (χ1n) is 8.11. The van der Waals surface area contributed by atoms with Crippen molar-refractivity contribution in [2.75, 3.05) is 0 Å². The van der Waals surface area contributed by atoms with Gasteiger partial charge in [0.2, 0.25) is 48.3 Å². The Morgan fingerprint density at radius 3 is 0.917 bits per heavy atom. The van der Waals surface area contributed by atoms with Crippen molar-refractivity contribution in [2.45, 2.75) is 64.7 Å². The summed E-state index contributed by atoms with van der Waals surface area (Å²) in [4.78, 5) is 55.9. The molecular weight excluding hydrogens is 316 g/mol. The van der Waals surface area contributed by atoms with E-state index in [0.29, 0.717) is 0 Å². The van der Waals surface area contributed by atoms with Crippen LogP contribution < -0.4 is 10.6 Å². The molecule has 4 amide bonds. The van der Waals surface area contributed by atoms with Crippen molar-refractivity contribution in [3.8, 4) is 0 Å². The van der Waals surface area contributed by atoms with Crippen molar-refractivity contribution in [1.82, 2.24) is 19.6 Å². The van der Waals surface area contributed by atoms with Crippen LogP contribution in [0.15, 0.2) is 0 Å². The summed E-state index contributed by atoms with van der Waals surface area (Å²) in [5.41, 5.74) is 0. The molecule has 5 rings (SSSR count). The number of hydrogen-bond donors (Lipinski definition) is 2. The molecule has 5 fully saturated rings. The van der Waals surface area contributed by atoms with E-state index in [1.165, 1.54) is 27.7 Å². The zero-order valence-electron chi connectivity index (χ0n) is 14.0. The lowest BCUT2D eigenvalue weighted by Gasteiger charge is -2.37. The van der Waals surface area contributed by atoms with Gasteiger partial charge in [0.05, 0.1) is 0 Å². The molecule has 130 valence electrons. The monoisotopic (exact) mass is 338 g/mol. The third kappa shape index (κ3) is 1.62. The Balaban J connectivity index is 1.93. The summed E-state index contributed by atoms with van der Waals surface area (Å²) in [5.74, 6) is -0.661. The van der Waals surface area contributed by atoms with E-state index >= 15 is 0 Å². The molecule has 10 heteroatoms. The predicted molar refractivity (Wildman–Crippen MR) is 76.7 cm³/mol. The van der Waals surface area contributed by atoms with Crippen LogP contribution >= 0.6 is 0 Å². The summed E-state index contributed by atoms with van der Waals surface area (Å²) < 4.78 is 0. The highest BCUT2D eigenvalue weighted by Crippen LogP contribution is 2.38. The minimum atomic E-state index is -0.646. The SMILES string of the molecule is CC(=O)N1C2C3N(C(C)=O)[C@@H]4[NH2+][C@@H]1[C@@H]([NH2+][C@@H]4N3C(C)=O)N2C(C)=O. The number of carbonyl (C=O) groups is 4. The van der Waals surface area contributed by atoms with E-state index in [-0.39, 0.29) is 48.3 Å². The molecule has 5 aliphatic heterocycles. The molecular formula is C14H22N6O4+2. The minimum absolute atomic E-state index is 0.165. The quantitative estimate of drug-likeness (QED) is 0.463. The maximum atomic E-state index is 12.3. The molecule has 10 nitrogen and oxygen atoms in total. The largest absolute Gasteiger partial charge is 0.293 e. The van der Waals surface area contributed by atoms with Gasteiger partial charge in [0, 0.05) is 27.7 Å². The average molecular weight is 338 g/mol. The fraction of sp³-hybridized carbons (Fsp3) is 0.714. The summed E-state index contributed by atoms with van der Waals surface area (Å²) in [6.45, 7) is 5.84. The van der Waals surface area contributed by atoms with E-state index in [0.717, 1.165) is 0 Å². The van der Waals surface area contributed by atoms with Crippen LogP contribution in [0.25, 0.3) is 0 Å². The Kier molecular flexibility index (Phi) is 2.98. The molecule has 6 atom stereocenters. The van der Waals surface area contributed by atoms with Crippen LogP contribution in [0.1, 0.15) is 27.7 Å². The first-order chi connectivity index (χ1) is 11.3. The van der Waals surface area contributed by atoms with Crippen molar-refractivity contribution in [1.29, 1.82) is 0 Å². The van der Waals surface area contributed by atoms with Gasteiger partial charge in [0.25, 0.3) is 0 Å². The number of nitrogens with zero attached hydrogens (tertiary/aromatic N) is 4. The summed E-state index contributed by atoms with van der Waals surface area (Å²) in [7, 11) is 0. The van der Waals surface area contributed by atoms with Gasteiger partial charge in [0.15, 0.2) is 12.3 Å². The average Bonchev–Trinajstić information content (AvgIpc) is 2.85. The van der Waals surface area contributed by atoms with Crippen LogP contribution in [0.3, 0.4) is 0 Å². The van der Waals surface area contributed by atoms with Gasteiger partial charge >= 0.3 is 0 Å². The molecule has 0 aromatic carbocycles. The Bertz CT molecular complexity index is 560. The van der Waals surface area contributed by atoms with Gasteiger partial charge < -0.3 is 0 Å². The van der Waals surface area contributed by atoms with Crippen molar-refractivity contribution < 1.29 is 29.8 Å². The number of nitrogens with two attached hydrogens (primary N) is 2. The van der Waals surface area contributed by atoms with E-state index in [9.17, 15) is 19.2 Å². The zero-order valence-corrected chi connectivity index (χ0v) is 14.0. The molecule has 4 N–H and O–H groups in total. The maximum absolute atomic E-state index is 12.3. The molecule has 0 spiro atoms. The molecule has 5 aliphatic rings. The minimum Gasteiger partial charge on any atom is -0.293 e. The molecule has 0 aliphatic carbocycles. The highest BCUT2D eigenvalue weighted by molar-refractivity contribution is 5.82. The van der Waals surface area contributed by atoms with Gasteiger partial charge in [-0.1, -0.05) is 0 Å². The van der Waals surface area contributed by atoms with Gasteiger partial charge in [0.1, 0.15) is 0 Å². The number of quaternary nitrogens is 2. The molecule has 5 saturated heterocycles. The summed E-state index contributed by atoms with van der Waals surface area (Å²) in [6.07, 6.45) is -2.30. The Hall–Kier alpha value is -2.20. The highest BCUT2D eigenvalue weighted by atomic mass is 16.2. The molecule has 0 aromatic rings. The summed E-state index contributed by atoms with van der Waals surface area (Å²) >= 11 is 0. The number of piperazine rings is 1. The van der Waals surface area contributed by atoms with Crippen molar-refractivity contribution >= 4 is 23.6 Å². The number of amides is 4. The zero-order chi connectivity index (χ0) is 17.5. The molecule has 0 radical (unpaired) electrons. The van der Waals surface area contributed by atoms with E-state index in [4.69, 9.17) is 0 Å². The second-order valence-electron chi connectivity index (χ2n) is 6.88. The van der Waals surface area contributed by atoms with Crippen molar-refractivity contribution in [3.63, 3.8) is 0 Å². The third-order valence-corrected chi connectivity index (χ3v) is 5.63. The van der Waals surface area contributed by atoms with Crippen LogP contribution in [0.2, 0.25) is 0 Å². The van der Waals surface area contributed by atoms with Crippen LogP contribution in [0.5, 0.6) is 0 Å². The normalized spacial score (nSPS) is 38.8. The van der Waals surface area contributed by atoms with E-state index < -0.39 is 12.3 Å². The lowest BCUT2D eigenvalue weighted by Crippen LogP contribution is -3.20. The fourth-order valence-electron chi connectivity index (χ4n) is 5.02. The number of carbonyl (C=O) groups excluding carboxylic acids is 4. The summed E-state index contributed by atoms with van der Waals surface area (Å²) in [5, 5.41) is 3.91. The first kappa shape index (κ1) is 15.3. The van der Waals surface area contributed by atoms with Crippen molar-refractivity contribution in [3.05, 3.63) is 0 Å². The van der Waals surface area contributed by atoms with Crippen LogP contribution in [-0.4, -0.2) is 80.2 Å². The predicted octanol–water partition coefficient (Wildman–Crippen LogP) is -4.48. The number of rotatable bonds is 0. The molecule has 0 saturated carbocycles. The smallest absolute Gasteiger partial charge is 0.241 e. The Labute approximate surface area is 138 Å². The van der Waals surface area contributed by atoms with Gasteiger partial charge in [-0.2, -0.15) is 0 Å². The molecule has 0 aromatic heterocycles. The molecule has 24 heavy (non-hydrogen) atoms. The standard InChI is InChI=1S/C14H20N6O4/c1-5(21)17-9-10-16-12-11(15-9)19(7(3)23)14(20(12)8(4)24)13(17)18(10)6(2)22/h9-16H,1-4H3/p+2/t9-,10-,11-,12+,13?,14?/m0/s1. The van der Waals surface area contributed by atoms with E-state index in [1.54, 1.807) is 19.6 Å². The highest BCUT2D eigenvalue weighted by Gasteiger charge is 2.74. The fourth-order valence-corrected chi connectivity index (χ4v) is 5.02. The van der Waals surface area contributed by atoms with Gasteiger partial charge in [-0.15, -0.1) is 0 Å².